The summed E-state index contributed by atoms with van der Waals surface area (Å²) >= 11 is 5.05. The molecule has 0 aliphatic carbocycles. The predicted octanol–water partition coefficient (Wildman–Crippen LogP) is 5.94. The normalized spacial score (nSPS) is 14.2. The number of anilines is 1. The van der Waals surface area contributed by atoms with Crippen LogP contribution in [0.1, 0.15) is 44.4 Å². The van der Waals surface area contributed by atoms with Gasteiger partial charge in [-0.1, -0.05) is 72.1 Å². The molecule has 0 fully saturated rings. The monoisotopic (exact) mass is 544 g/mol. The van der Waals surface area contributed by atoms with Crippen LogP contribution in [-0.2, 0) is 4.79 Å². The maximum atomic E-state index is 11.1. The molecule has 10 heteroatoms. The Hall–Kier alpha value is -2.85. The molecule has 1 aliphatic rings. The van der Waals surface area contributed by atoms with Crippen LogP contribution in [-0.4, -0.2) is 38.6 Å². The Morgan fingerprint density at radius 1 is 1.21 bits per heavy atom. The SMILES string of the molecule is CCCCCCSc1nnc2c(n1)O[C@@H](c1cc(Br)ccc1OCC(=O)O)Nc1ccccc1-2. The number of unbranched alkanes of at least 4 members (excludes halogenated alkanes) is 3. The van der Waals surface area contributed by atoms with Gasteiger partial charge in [-0.25, -0.2) is 4.79 Å². The lowest BCUT2D eigenvalue weighted by Crippen LogP contribution is -2.19. The molecule has 178 valence electrons. The Kier molecular flexibility index (Phi) is 8.23. The minimum atomic E-state index is -1.06. The van der Waals surface area contributed by atoms with Gasteiger partial charge in [-0.2, -0.15) is 4.98 Å². The third-order valence-corrected chi connectivity index (χ3v) is 6.59. The average Bonchev–Trinajstić information content (AvgIpc) is 2.99. The number of aromatic nitrogens is 3. The van der Waals surface area contributed by atoms with Crippen molar-refractivity contribution in [2.75, 3.05) is 17.7 Å². The van der Waals surface area contributed by atoms with Crippen LogP contribution in [0.15, 0.2) is 52.1 Å². The molecule has 1 aromatic heterocycles. The molecule has 0 radical (unpaired) electrons. The van der Waals surface area contributed by atoms with E-state index in [0.717, 1.165) is 27.9 Å². The van der Waals surface area contributed by atoms with Crippen LogP contribution in [0.3, 0.4) is 0 Å². The van der Waals surface area contributed by atoms with Crippen molar-refractivity contribution >= 4 is 39.3 Å². The van der Waals surface area contributed by atoms with Crippen molar-refractivity contribution < 1.29 is 19.4 Å². The summed E-state index contributed by atoms with van der Waals surface area (Å²) in [6.07, 6.45) is 3.99. The van der Waals surface area contributed by atoms with Gasteiger partial charge in [0.25, 0.3) is 0 Å². The van der Waals surface area contributed by atoms with Crippen molar-refractivity contribution in [3.05, 3.63) is 52.5 Å². The number of benzene rings is 2. The summed E-state index contributed by atoms with van der Waals surface area (Å²) in [5.74, 6) is 0.614. The summed E-state index contributed by atoms with van der Waals surface area (Å²) in [6, 6.07) is 13.0. The van der Waals surface area contributed by atoms with Gasteiger partial charge in [0, 0.05) is 21.5 Å². The number of nitrogens with one attached hydrogen (secondary N) is 1. The van der Waals surface area contributed by atoms with Crippen LogP contribution in [0.25, 0.3) is 11.3 Å². The average molecular weight is 545 g/mol. The molecule has 0 saturated carbocycles. The van der Waals surface area contributed by atoms with Gasteiger partial charge in [0.15, 0.2) is 12.3 Å². The van der Waals surface area contributed by atoms with E-state index in [4.69, 9.17) is 14.6 Å². The first kappa shape index (κ1) is 24.3. The molecule has 34 heavy (non-hydrogen) atoms. The predicted molar refractivity (Wildman–Crippen MR) is 134 cm³/mol. The van der Waals surface area contributed by atoms with E-state index in [2.05, 4.69) is 43.4 Å². The second-order valence-corrected chi connectivity index (χ2v) is 9.69. The van der Waals surface area contributed by atoms with E-state index < -0.39 is 18.8 Å². The third kappa shape index (κ3) is 5.98. The number of rotatable bonds is 10. The summed E-state index contributed by atoms with van der Waals surface area (Å²) in [7, 11) is 0. The van der Waals surface area contributed by atoms with Crippen LogP contribution in [0.5, 0.6) is 11.6 Å². The summed E-state index contributed by atoms with van der Waals surface area (Å²) in [4.78, 5) is 15.8. The van der Waals surface area contributed by atoms with Gasteiger partial charge < -0.3 is 19.9 Å². The lowest BCUT2D eigenvalue weighted by molar-refractivity contribution is -0.139. The molecule has 0 bridgehead atoms. The molecule has 2 aromatic carbocycles. The van der Waals surface area contributed by atoms with Crippen molar-refractivity contribution in [1.82, 2.24) is 15.2 Å². The summed E-state index contributed by atoms with van der Waals surface area (Å²) < 4.78 is 12.7. The number of halogens is 1. The summed E-state index contributed by atoms with van der Waals surface area (Å²) in [5.41, 5.74) is 2.79. The number of ether oxygens (including phenoxy) is 2. The highest BCUT2D eigenvalue weighted by molar-refractivity contribution is 9.10. The number of thioether (sulfide) groups is 1. The zero-order valence-corrected chi connectivity index (χ0v) is 21.1. The molecular weight excluding hydrogens is 520 g/mol. The second kappa shape index (κ2) is 11.5. The number of nitrogens with zero attached hydrogens (tertiary/aromatic N) is 3. The number of carbonyl (C=O) groups is 1. The van der Waals surface area contributed by atoms with E-state index in [1.54, 1.807) is 23.9 Å². The van der Waals surface area contributed by atoms with Gasteiger partial charge in [0.05, 0.1) is 5.56 Å². The van der Waals surface area contributed by atoms with Crippen LogP contribution in [0, 0.1) is 0 Å². The number of carboxylic acids is 1. The van der Waals surface area contributed by atoms with Crippen LogP contribution in [0.4, 0.5) is 5.69 Å². The number of fused-ring (bicyclic) bond motifs is 3. The van der Waals surface area contributed by atoms with E-state index in [0.29, 0.717) is 28.0 Å². The molecule has 1 aliphatic heterocycles. The standard InChI is InChI=1S/C24H25BrN4O4S/c1-2-3-4-7-12-34-24-27-23-21(28-29-24)16-8-5-6-9-18(16)26-22(33-23)17-13-15(25)10-11-19(17)32-14-20(30)31/h5-6,8-11,13,22,26H,2-4,7,12,14H2,1H3,(H,30,31)/t22-/m0/s1. The Labute approximate surface area is 210 Å². The first-order valence-electron chi connectivity index (χ1n) is 11.1. The van der Waals surface area contributed by atoms with Crippen LogP contribution in [0.2, 0.25) is 0 Å². The zero-order valence-electron chi connectivity index (χ0n) is 18.7. The van der Waals surface area contributed by atoms with Gasteiger partial charge in [0.2, 0.25) is 17.3 Å². The lowest BCUT2D eigenvalue weighted by Gasteiger charge is -2.22. The molecule has 0 spiro atoms. The smallest absolute Gasteiger partial charge is 0.341 e. The van der Waals surface area contributed by atoms with Crippen LogP contribution < -0.4 is 14.8 Å². The van der Waals surface area contributed by atoms with Crippen molar-refractivity contribution in [2.24, 2.45) is 0 Å². The fourth-order valence-corrected chi connectivity index (χ4v) is 4.69. The first-order chi connectivity index (χ1) is 16.5. The Morgan fingerprint density at radius 2 is 2.06 bits per heavy atom. The van der Waals surface area contributed by atoms with E-state index in [9.17, 15) is 4.79 Å². The van der Waals surface area contributed by atoms with Gasteiger partial charge >= 0.3 is 5.97 Å². The summed E-state index contributed by atoms with van der Waals surface area (Å²) in [5, 5.41) is 21.8. The topological polar surface area (TPSA) is 106 Å². The summed E-state index contributed by atoms with van der Waals surface area (Å²) in [6.45, 7) is 1.73. The molecule has 0 saturated heterocycles. The molecular formula is C24H25BrN4O4S. The molecule has 1 atom stereocenters. The minimum Gasteiger partial charge on any atom is -0.481 e. The quantitative estimate of drug-likeness (QED) is 0.236. The molecule has 2 N–H and O–H groups in total. The minimum absolute atomic E-state index is 0.359. The zero-order chi connectivity index (χ0) is 23.9. The first-order valence-corrected chi connectivity index (χ1v) is 12.9. The lowest BCUT2D eigenvalue weighted by atomic mass is 10.1. The van der Waals surface area contributed by atoms with Crippen molar-refractivity contribution in [3.8, 4) is 22.9 Å². The largest absolute Gasteiger partial charge is 0.481 e. The molecule has 8 nitrogen and oxygen atoms in total. The number of hydrogen-bond donors (Lipinski definition) is 2. The third-order valence-electron chi connectivity index (χ3n) is 5.17. The van der Waals surface area contributed by atoms with Gasteiger partial charge in [-0.05, 0) is 30.7 Å². The van der Waals surface area contributed by atoms with Crippen molar-refractivity contribution in [1.29, 1.82) is 0 Å². The maximum absolute atomic E-state index is 11.1. The van der Waals surface area contributed by atoms with Gasteiger partial charge in [-0.3, -0.25) is 0 Å². The number of carboxylic acid groups (broad SMARTS) is 1. The number of hydrogen-bond acceptors (Lipinski definition) is 8. The Morgan fingerprint density at radius 3 is 2.88 bits per heavy atom. The Balaban J connectivity index is 1.67. The molecule has 4 rings (SSSR count). The number of aliphatic carboxylic acids is 1. The van der Waals surface area contributed by atoms with E-state index in [1.807, 2.05) is 30.3 Å². The van der Waals surface area contributed by atoms with Gasteiger partial charge in [0.1, 0.15) is 5.75 Å². The highest BCUT2D eigenvalue weighted by atomic mass is 79.9. The van der Waals surface area contributed by atoms with Crippen molar-refractivity contribution in [3.63, 3.8) is 0 Å². The molecule has 0 unspecified atom stereocenters. The highest BCUT2D eigenvalue weighted by Crippen LogP contribution is 2.41. The second-order valence-electron chi connectivity index (χ2n) is 7.71. The number of para-hydroxylation sites is 1. The highest BCUT2D eigenvalue weighted by Gasteiger charge is 2.28. The molecule has 3 aromatic rings. The fraction of sp³-hybridized carbons (Fsp3) is 0.333. The van der Waals surface area contributed by atoms with Gasteiger partial charge in [-0.15, -0.1) is 10.2 Å². The van der Waals surface area contributed by atoms with E-state index >= 15 is 0 Å². The fourth-order valence-electron chi connectivity index (χ4n) is 3.54. The maximum Gasteiger partial charge on any atom is 0.341 e. The molecule has 2 heterocycles. The van der Waals surface area contributed by atoms with E-state index in [1.165, 1.54) is 19.3 Å². The Bertz CT molecular complexity index is 1160. The van der Waals surface area contributed by atoms with Crippen LogP contribution >= 0.6 is 27.7 Å². The molecule has 0 amide bonds. The van der Waals surface area contributed by atoms with E-state index in [-0.39, 0.29) is 0 Å². The van der Waals surface area contributed by atoms with Crippen molar-refractivity contribution in [2.45, 2.75) is 44.0 Å².